The molecule has 0 N–H and O–H groups in total. The Labute approximate surface area is 74.5 Å². The Morgan fingerprint density at radius 3 is 3.00 bits per heavy atom. The molecular weight excluding hydrogens is 208 g/mol. The maximum atomic E-state index is 5.00. The summed E-state index contributed by atoms with van der Waals surface area (Å²) in [5, 5.41) is 0. The summed E-state index contributed by atoms with van der Waals surface area (Å²) in [7, 11) is 1.68. The summed E-state index contributed by atoms with van der Waals surface area (Å²) in [6.45, 7) is 3.61. The number of imidazole rings is 1. The smallest absolute Gasteiger partial charge is 0.177 e. The lowest BCUT2D eigenvalue weighted by atomic mass is 10.5. The number of aromatic nitrogens is 2. The molecule has 62 valence electrons. The molecule has 0 fully saturated rings. The third-order valence-corrected chi connectivity index (χ3v) is 2.13. The van der Waals surface area contributed by atoms with Gasteiger partial charge in [0.05, 0.1) is 18.5 Å². The van der Waals surface area contributed by atoms with E-state index in [1.54, 1.807) is 7.11 Å². The van der Waals surface area contributed by atoms with Crippen LogP contribution >= 0.6 is 15.9 Å². The fourth-order valence-electron chi connectivity index (χ4n) is 0.982. The van der Waals surface area contributed by atoms with Gasteiger partial charge in [-0.2, -0.15) is 0 Å². The molecule has 0 unspecified atom stereocenters. The van der Waals surface area contributed by atoms with Crippen LogP contribution in [0.4, 0.5) is 0 Å². The van der Waals surface area contributed by atoms with Crippen molar-refractivity contribution in [3.05, 3.63) is 16.6 Å². The second-order valence-electron chi connectivity index (χ2n) is 2.20. The van der Waals surface area contributed by atoms with Crippen LogP contribution in [0.3, 0.4) is 0 Å². The van der Waals surface area contributed by atoms with Crippen molar-refractivity contribution in [2.24, 2.45) is 0 Å². The molecule has 0 aromatic carbocycles. The maximum Gasteiger partial charge on any atom is 0.177 e. The van der Waals surface area contributed by atoms with Crippen LogP contribution in [0.2, 0.25) is 0 Å². The van der Waals surface area contributed by atoms with Crippen molar-refractivity contribution >= 4 is 15.9 Å². The number of nitrogens with zero attached hydrogens (tertiary/aromatic N) is 2. The number of ether oxygens (including phenoxy) is 1. The molecule has 11 heavy (non-hydrogen) atoms. The standard InChI is InChI=1S/C7H11BrN2O/c1-3-10-6(5-11-2)4-9-7(10)8/h4H,3,5H2,1-2H3. The zero-order valence-corrected chi connectivity index (χ0v) is 8.26. The molecule has 0 aliphatic carbocycles. The van der Waals surface area contributed by atoms with Gasteiger partial charge in [0, 0.05) is 13.7 Å². The molecule has 1 aromatic heterocycles. The first-order chi connectivity index (χ1) is 5.29. The summed E-state index contributed by atoms with van der Waals surface area (Å²) >= 11 is 3.34. The van der Waals surface area contributed by atoms with Gasteiger partial charge >= 0.3 is 0 Å². The van der Waals surface area contributed by atoms with Gasteiger partial charge in [-0.25, -0.2) is 4.98 Å². The van der Waals surface area contributed by atoms with Crippen LogP contribution in [0.15, 0.2) is 10.9 Å². The molecule has 1 aromatic rings. The summed E-state index contributed by atoms with van der Waals surface area (Å²) in [6, 6.07) is 0. The van der Waals surface area contributed by atoms with Gasteiger partial charge in [-0.05, 0) is 22.9 Å². The third kappa shape index (κ3) is 1.81. The Balaban J connectivity index is 2.86. The van der Waals surface area contributed by atoms with E-state index >= 15 is 0 Å². The molecule has 4 heteroatoms. The first kappa shape index (κ1) is 8.74. The predicted molar refractivity (Wildman–Crippen MR) is 46.3 cm³/mol. The van der Waals surface area contributed by atoms with E-state index < -0.39 is 0 Å². The van der Waals surface area contributed by atoms with Gasteiger partial charge in [0.15, 0.2) is 4.73 Å². The Hall–Kier alpha value is -0.350. The van der Waals surface area contributed by atoms with Crippen molar-refractivity contribution in [3.63, 3.8) is 0 Å². The summed E-state index contributed by atoms with van der Waals surface area (Å²) in [6.07, 6.45) is 1.82. The Morgan fingerprint density at radius 2 is 2.45 bits per heavy atom. The van der Waals surface area contributed by atoms with E-state index in [2.05, 4.69) is 32.4 Å². The fraction of sp³-hybridized carbons (Fsp3) is 0.571. The number of halogens is 1. The molecule has 0 saturated heterocycles. The van der Waals surface area contributed by atoms with Gasteiger partial charge in [-0.3, -0.25) is 0 Å². The molecule has 1 heterocycles. The van der Waals surface area contributed by atoms with Crippen molar-refractivity contribution in [1.29, 1.82) is 0 Å². The highest BCUT2D eigenvalue weighted by Gasteiger charge is 2.03. The van der Waals surface area contributed by atoms with Crippen molar-refractivity contribution in [2.45, 2.75) is 20.1 Å². The lowest BCUT2D eigenvalue weighted by Crippen LogP contribution is -2.01. The second kappa shape index (κ2) is 3.88. The van der Waals surface area contributed by atoms with Gasteiger partial charge in [-0.1, -0.05) is 0 Å². The minimum atomic E-state index is 0.617. The number of rotatable bonds is 3. The fourth-order valence-corrected chi connectivity index (χ4v) is 1.56. The highest BCUT2D eigenvalue weighted by Crippen LogP contribution is 2.11. The van der Waals surface area contributed by atoms with Crippen molar-refractivity contribution < 1.29 is 4.74 Å². The van der Waals surface area contributed by atoms with Gasteiger partial charge in [0.2, 0.25) is 0 Å². The summed E-state index contributed by atoms with van der Waals surface area (Å²) in [4.78, 5) is 4.11. The number of hydrogen-bond acceptors (Lipinski definition) is 2. The monoisotopic (exact) mass is 218 g/mol. The van der Waals surface area contributed by atoms with Crippen LogP contribution in [0.25, 0.3) is 0 Å². The lowest BCUT2D eigenvalue weighted by molar-refractivity contribution is 0.178. The highest BCUT2D eigenvalue weighted by molar-refractivity contribution is 9.10. The van der Waals surface area contributed by atoms with Gasteiger partial charge in [-0.15, -0.1) is 0 Å². The minimum Gasteiger partial charge on any atom is -0.378 e. The van der Waals surface area contributed by atoms with Crippen molar-refractivity contribution in [3.8, 4) is 0 Å². The lowest BCUT2D eigenvalue weighted by Gasteiger charge is -2.04. The molecule has 0 aliphatic rings. The van der Waals surface area contributed by atoms with Crippen LogP contribution in [0.5, 0.6) is 0 Å². The van der Waals surface area contributed by atoms with E-state index in [-0.39, 0.29) is 0 Å². The summed E-state index contributed by atoms with van der Waals surface area (Å²) in [5.74, 6) is 0. The third-order valence-electron chi connectivity index (χ3n) is 1.50. The van der Waals surface area contributed by atoms with E-state index in [1.165, 1.54) is 0 Å². The molecule has 0 bridgehead atoms. The Bertz CT molecular complexity index is 234. The highest BCUT2D eigenvalue weighted by atomic mass is 79.9. The van der Waals surface area contributed by atoms with E-state index in [0.717, 1.165) is 17.0 Å². The van der Waals surface area contributed by atoms with Crippen LogP contribution < -0.4 is 0 Å². The topological polar surface area (TPSA) is 27.1 Å². The van der Waals surface area contributed by atoms with E-state index in [0.29, 0.717) is 6.61 Å². The maximum absolute atomic E-state index is 5.00. The van der Waals surface area contributed by atoms with Gasteiger partial charge in [0.25, 0.3) is 0 Å². The predicted octanol–water partition coefficient (Wildman–Crippen LogP) is 1.81. The van der Waals surface area contributed by atoms with E-state index in [4.69, 9.17) is 4.74 Å². The van der Waals surface area contributed by atoms with E-state index in [9.17, 15) is 0 Å². The molecule has 0 atom stereocenters. The first-order valence-electron chi connectivity index (χ1n) is 3.48. The SMILES string of the molecule is CCn1c(COC)cnc1Br. The number of methoxy groups -OCH3 is 1. The second-order valence-corrected chi connectivity index (χ2v) is 2.91. The molecule has 3 nitrogen and oxygen atoms in total. The molecular formula is C7H11BrN2O. The number of hydrogen-bond donors (Lipinski definition) is 0. The normalized spacial score (nSPS) is 10.5. The zero-order valence-electron chi connectivity index (χ0n) is 6.67. The van der Waals surface area contributed by atoms with E-state index in [1.807, 2.05) is 6.20 Å². The van der Waals surface area contributed by atoms with Crippen LogP contribution in [0.1, 0.15) is 12.6 Å². The van der Waals surface area contributed by atoms with Gasteiger partial charge in [0.1, 0.15) is 0 Å². The van der Waals surface area contributed by atoms with Crippen LogP contribution in [0, 0.1) is 0 Å². The Kier molecular flexibility index (Phi) is 3.08. The molecule has 0 saturated carbocycles. The Morgan fingerprint density at radius 1 is 1.73 bits per heavy atom. The average Bonchev–Trinajstić information content (AvgIpc) is 2.33. The minimum absolute atomic E-state index is 0.617. The molecule has 0 aliphatic heterocycles. The quantitative estimate of drug-likeness (QED) is 0.775. The average molecular weight is 219 g/mol. The van der Waals surface area contributed by atoms with Crippen LogP contribution in [-0.4, -0.2) is 16.7 Å². The molecule has 0 amide bonds. The molecule has 0 spiro atoms. The van der Waals surface area contributed by atoms with Gasteiger partial charge < -0.3 is 9.30 Å². The molecule has 0 radical (unpaired) electrons. The molecule has 1 rings (SSSR count). The summed E-state index contributed by atoms with van der Waals surface area (Å²) in [5.41, 5.74) is 1.10. The largest absolute Gasteiger partial charge is 0.378 e. The van der Waals surface area contributed by atoms with Crippen molar-refractivity contribution in [2.75, 3.05) is 7.11 Å². The van der Waals surface area contributed by atoms with Crippen LogP contribution in [-0.2, 0) is 17.9 Å². The zero-order chi connectivity index (χ0) is 8.27. The summed E-state index contributed by atoms with van der Waals surface area (Å²) < 4.78 is 7.93. The van der Waals surface area contributed by atoms with Crippen molar-refractivity contribution in [1.82, 2.24) is 9.55 Å². The first-order valence-corrected chi connectivity index (χ1v) is 4.27.